The summed E-state index contributed by atoms with van der Waals surface area (Å²) >= 11 is 0. The van der Waals surface area contributed by atoms with Crippen LogP contribution in [0.15, 0.2) is 30.5 Å². The summed E-state index contributed by atoms with van der Waals surface area (Å²) < 4.78 is 0. The number of hydrogen-bond donors (Lipinski definition) is 3. The quantitative estimate of drug-likeness (QED) is 0.766. The van der Waals surface area contributed by atoms with E-state index >= 15 is 0 Å². The van der Waals surface area contributed by atoms with Crippen molar-refractivity contribution in [3.05, 3.63) is 36.0 Å². The summed E-state index contributed by atoms with van der Waals surface area (Å²) in [6.07, 6.45) is 4.19. The number of aromatic amines is 1. The second-order valence-corrected chi connectivity index (χ2v) is 5.28. The van der Waals surface area contributed by atoms with Crippen LogP contribution < -0.4 is 10.6 Å². The van der Waals surface area contributed by atoms with Gasteiger partial charge in [-0.3, -0.25) is 4.79 Å². The van der Waals surface area contributed by atoms with Gasteiger partial charge in [-0.05, 0) is 42.8 Å². The highest BCUT2D eigenvalue weighted by molar-refractivity contribution is 5.82. The maximum Gasteiger partial charge on any atom is 0.237 e. The summed E-state index contributed by atoms with van der Waals surface area (Å²) in [6.45, 7) is 2.61. The Morgan fingerprint density at radius 1 is 1.42 bits per heavy atom. The van der Waals surface area contributed by atoms with E-state index in [9.17, 15) is 4.79 Å². The van der Waals surface area contributed by atoms with E-state index in [1.165, 1.54) is 10.9 Å². The van der Waals surface area contributed by atoms with Gasteiger partial charge in [-0.15, -0.1) is 0 Å². The highest BCUT2D eigenvalue weighted by atomic mass is 16.2. The van der Waals surface area contributed by atoms with Gasteiger partial charge in [0.05, 0.1) is 6.04 Å². The lowest BCUT2D eigenvalue weighted by atomic mass is 10.1. The van der Waals surface area contributed by atoms with Crippen molar-refractivity contribution in [2.75, 3.05) is 0 Å². The van der Waals surface area contributed by atoms with Gasteiger partial charge in [0, 0.05) is 24.3 Å². The number of rotatable bonds is 5. The zero-order valence-electron chi connectivity index (χ0n) is 11.1. The van der Waals surface area contributed by atoms with Gasteiger partial charge in [0.1, 0.15) is 0 Å². The molecule has 1 atom stereocenters. The van der Waals surface area contributed by atoms with Crippen molar-refractivity contribution in [2.45, 2.75) is 38.4 Å². The Labute approximate surface area is 112 Å². The SMILES string of the molecule is CC(NCc1ccc2cc[nH]c2c1)C(=O)NC1CC1. The smallest absolute Gasteiger partial charge is 0.237 e. The maximum absolute atomic E-state index is 11.8. The molecule has 1 heterocycles. The third-order valence-corrected chi connectivity index (χ3v) is 3.55. The third kappa shape index (κ3) is 2.96. The van der Waals surface area contributed by atoms with Crippen molar-refractivity contribution in [3.63, 3.8) is 0 Å². The number of H-pyrrole nitrogens is 1. The number of amides is 1. The second-order valence-electron chi connectivity index (χ2n) is 5.28. The molecule has 1 saturated carbocycles. The predicted octanol–water partition coefficient (Wildman–Crippen LogP) is 1.92. The number of aromatic nitrogens is 1. The van der Waals surface area contributed by atoms with Crippen LogP contribution in [0.4, 0.5) is 0 Å². The lowest BCUT2D eigenvalue weighted by Gasteiger charge is -2.13. The Hall–Kier alpha value is -1.81. The van der Waals surface area contributed by atoms with E-state index in [2.05, 4.69) is 39.9 Å². The van der Waals surface area contributed by atoms with E-state index in [1.54, 1.807) is 0 Å². The Morgan fingerprint density at radius 2 is 2.26 bits per heavy atom. The normalized spacial score (nSPS) is 16.5. The summed E-state index contributed by atoms with van der Waals surface area (Å²) in [6, 6.07) is 8.63. The molecule has 1 aliphatic rings. The first-order valence-corrected chi connectivity index (χ1v) is 6.82. The number of benzene rings is 1. The maximum atomic E-state index is 11.8. The van der Waals surface area contributed by atoms with Crippen LogP contribution in [0.3, 0.4) is 0 Å². The fraction of sp³-hybridized carbons (Fsp3) is 0.400. The molecule has 3 rings (SSSR count). The predicted molar refractivity (Wildman–Crippen MR) is 75.8 cm³/mol. The van der Waals surface area contributed by atoms with Crippen LogP contribution in [0.1, 0.15) is 25.3 Å². The van der Waals surface area contributed by atoms with Gasteiger partial charge >= 0.3 is 0 Å². The topological polar surface area (TPSA) is 56.9 Å². The fourth-order valence-electron chi connectivity index (χ4n) is 2.12. The van der Waals surface area contributed by atoms with Gasteiger partial charge in [-0.25, -0.2) is 0 Å². The van der Waals surface area contributed by atoms with Gasteiger partial charge in [0.15, 0.2) is 0 Å². The highest BCUT2D eigenvalue weighted by Gasteiger charge is 2.25. The Morgan fingerprint density at radius 3 is 3.05 bits per heavy atom. The molecule has 19 heavy (non-hydrogen) atoms. The molecular formula is C15H19N3O. The average molecular weight is 257 g/mol. The molecule has 0 spiro atoms. The van der Waals surface area contributed by atoms with Crippen molar-refractivity contribution in [2.24, 2.45) is 0 Å². The molecule has 100 valence electrons. The number of fused-ring (bicyclic) bond motifs is 1. The molecule has 0 radical (unpaired) electrons. The molecule has 0 aliphatic heterocycles. The van der Waals surface area contributed by atoms with Crippen LogP contribution in [0.5, 0.6) is 0 Å². The number of carbonyl (C=O) groups excluding carboxylic acids is 1. The van der Waals surface area contributed by atoms with Crippen LogP contribution in [-0.4, -0.2) is 23.0 Å². The summed E-state index contributed by atoms with van der Waals surface area (Å²) in [5, 5.41) is 7.48. The molecule has 1 aliphatic carbocycles. The summed E-state index contributed by atoms with van der Waals surface area (Å²) in [5.74, 6) is 0.100. The minimum Gasteiger partial charge on any atom is -0.361 e. The molecule has 1 aromatic heterocycles. The first-order chi connectivity index (χ1) is 9.22. The zero-order chi connectivity index (χ0) is 13.2. The van der Waals surface area contributed by atoms with Crippen LogP contribution in [-0.2, 0) is 11.3 Å². The Bertz CT molecular complexity index is 586. The Balaban J connectivity index is 1.56. The molecule has 4 heteroatoms. The molecule has 1 aromatic carbocycles. The van der Waals surface area contributed by atoms with Crippen molar-refractivity contribution in [1.82, 2.24) is 15.6 Å². The van der Waals surface area contributed by atoms with Crippen molar-refractivity contribution in [1.29, 1.82) is 0 Å². The standard InChI is InChI=1S/C15H19N3O/c1-10(15(19)18-13-4-5-13)17-9-11-2-3-12-6-7-16-14(12)8-11/h2-3,6-8,10,13,16-17H,4-5,9H2,1H3,(H,18,19). The fourth-order valence-corrected chi connectivity index (χ4v) is 2.12. The van der Waals surface area contributed by atoms with Gasteiger partial charge < -0.3 is 15.6 Å². The van der Waals surface area contributed by atoms with E-state index in [4.69, 9.17) is 0 Å². The molecule has 0 bridgehead atoms. The second kappa shape index (κ2) is 5.05. The van der Waals surface area contributed by atoms with Crippen LogP contribution >= 0.6 is 0 Å². The van der Waals surface area contributed by atoms with E-state index in [1.807, 2.05) is 13.1 Å². The largest absolute Gasteiger partial charge is 0.361 e. The van der Waals surface area contributed by atoms with Gasteiger partial charge in [0.2, 0.25) is 5.91 Å². The molecule has 2 aromatic rings. The van der Waals surface area contributed by atoms with Crippen molar-refractivity contribution in [3.8, 4) is 0 Å². The van der Waals surface area contributed by atoms with E-state index in [0.29, 0.717) is 12.6 Å². The van der Waals surface area contributed by atoms with Gasteiger partial charge in [-0.1, -0.05) is 12.1 Å². The van der Waals surface area contributed by atoms with Crippen molar-refractivity contribution < 1.29 is 4.79 Å². The minimum absolute atomic E-state index is 0.100. The molecular weight excluding hydrogens is 238 g/mol. The van der Waals surface area contributed by atoms with Crippen molar-refractivity contribution >= 4 is 16.8 Å². The lowest BCUT2D eigenvalue weighted by Crippen LogP contribution is -2.42. The minimum atomic E-state index is -0.153. The van der Waals surface area contributed by atoms with Gasteiger partial charge in [-0.2, -0.15) is 0 Å². The van der Waals surface area contributed by atoms with Crippen LogP contribution in [0, 0.1) is 0 Å². The first kappa shape index (κ1) is 12.2. The first-order valence-electron chi connectivity index (χ1n) is 6.82. The molecule has 4 nitrogen and oxygen atoms in total. The molecule has 1 amide bonds. The highest BCUT2D eigenvalue weighted by Crippen LogP contribution is 2.18. The van der Waals surface area contributed by atoms with Crippen LogP contribution in [0.2, 0.25) is 0 Å². The number of hydrogen-bond acceptors (Lipinski definition) is 2. The van der Waals surface area contributed by atoms with Gasteiger partial charge in [0.25, 0.3) is 0 Å². The average Bonchev–Trinajstić information content (AvgIpc) is 3.10. The van der Waals surface area contributed by atoms with Crippen LogP contribution in [0.25, 0.3) is 10.9 Å². The van der Waals surface area contributed by atoms with E-state index in [0.717, 1.165) is 18.4 Å². The molecule has 1 unspecified atom stereocenters. The summed E-state index contributed by atoms with van der Waals surface area (Å²) in [7, 11) is 0. The molecule has 3 N–H and O–H groups in total. The third-order valence-electron chi connectivity index (χ3n) is 3.55. The number of carbonyl (C=O) groups is 1. The molecule has 0 saturated heterocycles. The lowest BCUT2D eigenvalue weighted by molar-refractivity contribution is -0.122. The zero-order valence-corrected chi connectivity index (χ0v) is 11.1. The monoisotopic (exact) mass is 257 g/mol. The number of nitrogens with one attached hydrogen (secondary N) is 3. The van der Waals surface area contributed by atoms with E-state index in [-0.39, 0.29) is 11.9 Å². The Kier molecular flexibility index (Phi) is 3.25. The van der Waals surface area contributed by atoms with E-state index < -0.39 is 0 Å². The summed E-state index contributed by atoms with van der Waals surface area (Å²) in [5.41, 5.74) is 2.32. The summed E-state index contributed by atoms with van der Waals surface area (Å²) in [4.78, 5) is 15.0. The molecule has 1 fully saturated rings.